The number of anilines is 2. The molecule has 4 rings (SSSR count). The van der Waals surface area contributed by atoms with Crippen molar-refractivity contribution in [3.8, 4) is 0 Å². The second kappa shape index (κ2) is 8.59. The Balaban J connectivity index is 1.55. The summed E-state index contributed by atoms with van der Waals surface area (Å²) >= 11 is 0. The highest BCUT2D eigenvalue weighted by Gasteiger charge is 2.27. The lowest BCUT2D eigenvalue weighted by Gasteiger charge is -2.24. The van der Waals surface area contributed by atoms with Gasteiger partial charge in [-0.1, -0.05) is 79.7 Å². The van der Waals surface area contributed by atoms with Crippen molar-refractivity contribution in [1.82, 2.24) is 0 Å². The lowest BCUT2D eigenvalue weighted by atomic mass is 10.2. The SMILES string of the molecule is CCCN1[C]N(CCP(c2ccccc2)c2ccccc2)c2ccccc21. The van der Waals surface area contributed by atoms with Gasteiger partial charge in [-0.3, -0.25) is 0 Å². The van der Waals surface area contributed by atoms with Gasteiger partial charge in [-0.2, -0.15) is 0 Å². The van der Waals surface area contributed by atoms with Gasteiger partial charge in [-0.15, -0.1) is 0 Å². The zero-order chi connectivity index (χ0) is 18.5. The van der Waals surface area contributed by atoms with E-state index < -0.39 is 0 Å². The van der Waals surface area contributed by atoms with E-state index in [0.717, 1.165) is 25.7 Å². The number of rotatable bonds is 7. The number of hydrogen-bond acceptors (Lipinski definition) is 2. The third kappa shape index (κ3) is 4.01. The molecule has 0 aromatic heterocycles. The fraction of sp³-hybridized carbons (Fsp3) is 0.208. The average Bonchev–Trinajstić information content (AvgIpc) is 3.08. The predicted molar refractivity (Wildman–Crippen MR) is 119 cm³/mol. The first-order valence-corrected chi connectivity index (χ1v) is 11.2. The molecule has 0 atom stereocenters. The summed E-state index contributed by atoms with van der Waals surface area (Å²) in [5.74, 6) is 0. The minimum absolute atomic E-state index is 0.379. The normalized spacial score (nSPS) is 13.3. The van der Waals surface area contributed by atoms with Gasteiger partial charge in [0.1, 0.15) is 0 Å². The van der Waals surface area contributed by atoms with Gasteiger partial charge in [0.15, 0.2) is 0 Å². The van der Waals surface area contributed by atoms with Crippen LogP contribution in [0.2, 0.25) is 0 Å². The molecule has 0 bridgehead atoms. The number of nitrogens with zero attached hydrogens (tertiary/aromatic N) is 2. The molecule has 136 valence electrons. The molecule has 0 saturated heterocycles. The van der Waals surface area contributed by atoms with Crippen LogP contribution in [0.3, 0.4) is 0 Å². The Morgan fingerprint density at radius 3 is 1.67 bits per heavy atom. The van der Waals surface area contributed by atoms with Crippen molar-refractivity contribution in [3.63, 3.8) is 0 Å². The molecule has 3 aromatic carbocycles. The first-order valence-electron chi connectivity index (χ1n) is 9.65. The van der Waals surface area contributed by atoms with Gasteiger partial charge >= 0.3 is 0 Å². The maximum atomic E-state index is 3.59. The second-order valence-corrected chi connectivity index (χ2v) is 9.05. The van der Waals surface area contributed by atoms with E-state index >= 15 is 0 Å². The lowest BCUT2D eigenvalue weighted by Crippen LogP contribution is -2.29. The average molecular weight is 372 g/mol. The second-order valence-electron chi connectivity index (χ2n) is 6.71. The third-order valence-corrected chi connectivity index (χ3v) is 7.33. The topological polar surface area (TPSA) is 6.48 Å². The van der Waals surface area contributed by atoms with Gasteiger partial charge in [-0.05, 0) is 43.2 Å². The van der Waals surface area contributed by atoms with Crippen molar-refractivity contribution < 1.29 is 0 Å². The fourth-order valence-corrected chi connectivity index (χ4v) is 5.84. The number of para-hydroxylation sites is 2. The number of fused-ring (bicyclic) bond motifs is 1. The zero-order valence-electron chi connectivity index (χ0n) is 15.8. The van der Waals surface area contributed by atoms with Crippen molar-refractivity contribution in [2.75, 3.05) is 29.1 Å². The van der Waals surface area contributed by atoms with E-state index in [1.165, 1.54) is 22.0 Å². The molecule has 2 nitrogen and oxygen atoms in total. The van der Waals surface area contributed by atoms with Gasteiger partial charge in [0.25, 0.3) is 0 Å². The van der Waals surface area contributed by atoms with Gasteiger partial charge < -0.3 is 9.80 Å². The molecule has 0 N–H and O–H groups in total. The molecular weight excluding hydrogens is 347 g/mol. The maximum Gasteiger partial charge on any atom is 0.208 e. The van der Waals surface area contributed by atoms with E-state index in [1.54, 1.807) is 0 Å². The van der Waals surface area contributed by atoms with Crippen LogP contribution < -0.4 is 20.4 Å². The Kier molecular flexibility index (Phi) is 5.75. The Morgan fingerprint density at radius 1 is 0.667 bits per heavy atom. The summed E-state index contributed by atoms with van der Waals surface area (Å²) in [6.45, 7) is 7.80. The van der Waals surface area contributed by atoms with E-state index in [-0.39, 0.29) is 7.92 Å². The molecular formula is C24H25N2P. The summed E-state index contributed by atoms with van der Waals surface area (Å²) in [6.07, 6.45) is 2.24. The fourth-order valence-electron chi connectivity index (χ4n) is 3.56. The lowest BCUT2D eigenvalue weighted by molar-refractivity contribution is 0.829. The monoisotopic (exact) mass is 372 g/mol. The van der Waals surface area contributed by atoms with Crippen molar-refractivity contribution in [2.24, 2.45) is 0 Å². The van der Waals surface area contributed by atoms with Gasteiger partial charge in [0.05, 0.1) is 11.4 Å². The Morgan fingerprint density at radius 2 is 1.15 bits per heavy atom. The third-order valence-electron chi connectivity index (χ3n) is 4.83. The Hall–Kier alpha value is -2.31. The van der Waals surface area contributed by atoms with Crippen molar-refractivity contribution in [1.29, 1.82) is 0 Å². The quantitative estimate of drug-likeness (QED) is 0.547. The van der Waals surface area contributed by atoms with E-state index in [2.05, 4.69) is 108 Å². The summed E-state index contributed by atoms with van der Waals surface area (Å²) in [5.41, 5.74) is 2.56. The van der Waals surface area contributed by atoms with Crippen LogP contribution in [0.15, 0.2) is 84.9 Å². The molecule has 0 unspecified atom stereocenters. The molecule has 0 fully saturated rings. The predicted octanol–water partition coefficient (Wildman–Crippen LogP) is 4.85. The molecule has 3 aromatic rings. The van der Waals surface area contributed by atoms with Gasteiger partial charge in [-0.25, -0.2) is 0 Å². The molecule has 27 heavy (non-hydrogen) atoms. The van der Waals surface area contributed by atoms with Crippen LogP contribution in [0, 0.1) is 6.67 Å². The van der Waals surface area contributed by atoms with E-state index in [4.69, 9.17) is 0 Å². The smallest absolute Gasteiger partial charge is 0.208 e. The molecule has 0 amide bonds. The summed E-state index contributed by atoms with van der Waals surface area (Å²) in [4.78, 5) is 4.58. The van der Waals surface area contributed by atoms with Crippen LogP contribution in [-0.4, -0.2) is 19.3 Å². The van der Waals surface area contributed by atoms with E-state index in [0.29, 0.717) is 0 Å². The van der Waals surface area contributed by atoms with Crippen molar-refractivity contribution in [2.45, 2.75) is 13.3 Å². The van der Waals surface area contributed by atoms with Gasteiger partial charge in [0.2, 0.25) is 6.67 Å². The van der Waals surface area contributed by atoms with Crippen molar-refractivity contribution >= 4 is 29.9 Å². The molecule has 1 aliphatic heterocycles. The maximum absolute atomic E-state index is 3.59. The Labute approximate surface area is 164 Å². The van der Waals surface area contributed by atoms with Crippen LogP contribution in [0.1, 0.15) is 13.3 Å². The van der Waals surface area contributed by atoms with E-state index in [9.17, 15) is 0 Å². The largest absolute Gasteiger partial charge is 0.340 e. The summed E-state index contributed by atoms with van der Waals surface area (Å²) in [5, 5.41) is 2.88. The Bertz CT molecular complexity index is 811. The highest BCUT2D eigenvalue weighted by Crippen LogP contribution is 2.40. The van der Waals surface area contributed by atoms with Crippen LogP contribution >= 0.6 is 7.92 Å². The highest BCUT2D eigenvalue weighted by atomic mass is 31.1. The molecule has 1 aliphatic rings. The summed E-state index contributed by atoms with van der Waals surface area (Å²) in [7, 11) is -0.379. The zero-order valence-corrected chi connectivity index (χ0v) is 16.6. The first kappa shape index (κ1) is 18.1. The van der Waals surface area contributed by atoms with Crippen LogP contribution in [0.5, 0.6) is 0 Å². The molecule has 2 radical (unpaired) electrons. The minimum atomic E-state index is -0.379. The minimum Gasteiger partial charge on any atom is -0.340 e. The molecule has 3 heteroatoms. The summed E-state index contributed by atoms with van der Waals surface area (Å²) < 4.78 is 0. The van der Waals surface area contributed by atoms with Crippen molar-refractivity contribution in [3.05, 3.63) is 91.6 Å². The highest BCUT2D eigenvalue weighted by molar-refractivity contribution is 7.73. The molecule has 0 spiro atoms. The molecule has 1 heterocycles. The van der Waals surface area contributed by atoms with Crippen LogP contribution in [0.4, 0.5) is 11.4 Å². The first-order chi connectivity index (χ1) is 13.4. The van der Waals surface area contributed by atoms with Gasteiger partial charge in [0, 0.05) is 13.1 Å². The summed E-state index contributed by atoms with van der Waals surface area (Å²) in [6, 6.07) is 30.6. The van der Waals surface area contributed by atoms with Crippen LogP contribution in [-0.2, 0) is 0 Å². The number of hydrogen-bond donors (Lipinski definition) is 0. The number of benzene rings is 3. The molecule has 0 saturated carbocycles. The standard InChI is InChI=1S/C24H25N2P/c1-2-17-25-20-26(24-16-10-9-15-23(24)25)18-19-27(21-11-5-3-6-12-21)22-13-7-4-8-14-22/h3-16H,2,17-19H2,1H3. The molecule has 0 aliphatic carbocycles. The van der Waals surface area contributed by atoms with E-state index in [1.807, 2.05) is 0 Å². The van der Waals surface area contributed by atoms with Crippen LogP contribution in [0.25, 0.3) is 0 Å².